The lowest BCUT2D eigenvalue weighted by molar-refractivity contribution is -0.156. The number of aliphatic hydroxyl groups is 2. The Labute approximate surface area is 176 Å². The highest BCUT2D eigenvalue weighted by molar-refractivity contribution is 7.99. The van der Waals surface area contributed by atoms with Crippen LogP contribution in [-0.2, 0) is 9.53 Å². The fraction of sp³-hybridized carbons (Fsp3) is 0.944. The van der Waals surface area contributed by atoms with Crippen LogP contribution in [0.1, 0.15) is 33.1 Å². The largest absolute Gasteiger partial charge is 0.389 e. The number of hydrogen-bond donors (Lipinski definition) is 3. The third-order valence-electron chi connectivity index (χ3n) is 5.59. The summed E-state index contributed by atoms with van der Waals surface area (Å²) in [5.41, 5.74) is -0.493. The molecule has 0 aromatic rings. The second-order valence-corrected chi connectivity index (χ2v) is 9.82. The average Bonchev–Trinajstić information content (AvgIpc) is 2.99. The van der Waals surface area contributed by atoms with E-state index in [1.807, 2.05) is 13.3 Å². The molecule has 2 aliphatic heterocycles. The van der Waals surface area contributed by atoms with Gasteiger partial charge < -0.3 is 20.3 Å². The highest BCUT2D eigenvalue weighted by atomic mass is 35.5. The van der Waals surface area contributed by atoms with Crippen LogP contribution in [0, 0.1) is 5.92 Å². The van der Waals surface area contributed by atoms with E-state index in [4.69, 9.17) is 27.9 Å². The number of carbonyl (C=O) groups is 1. The van der Waals surface area contributed by atoms with Crippen molar-refractivity contribution in [1.82, 2.24) is 10.2 Å². The minimum Gasteiger partial charge on any atom is -0.389 e. The number of thioether (sulfide) groups is 1. The number of amides is 1. The van der Waals surface area contributed by atoms with Crippen molar-refractivity contribution >= 4 is 40.9 Å². The molecule has 2 aliphatic rings. The van der Waals surface area contributed by atoms with Crippen molar-refractivity contribution in [2.45, 2.75) is 79.7 Å². The maximum atomic E-state index is 12.9. The van der Waals surface area contributed by atoms with Crippen molar-refractivity contribution in [2.75, 3.05) is 19.8 Å². The van der Waals surface area contributed by atoms with E-state index in [1.165, 1.54) is 11.8 Å². The highest BCUT2D eigenvalue weighted by Crippen LogP contribution is 2.33. The molecule has 3 N–H and O–H groups in total. The van der Waals surface area contributed by atoms with Gasteiger partial charge in [-0.3, -0.25) is 9.69 Å². The Kier molecular flexibility index (Phi) is 8.99. The molecule has 0 unspecified atom stereocenters. The summed E-state index contributed by atoms with van der Waals surface area (Å²) in [5.74, 6) is 0.395. The van der Waals surface area contributed by atoms with Crippen molar-refractivity contribution in [2.24, 2.45) is 5.92 Å². The van der Waals surface area contributed by atoms with E-state index in [0.717, 1.165) is 25.8 Å². The molecule has 2 saturated heterocycles. The zero-order valence-corrected chi connectivity index (χ0v) is 18.7. The van der Waals surface area contributed by atoms with Crippen LogP contribution >= 0.6 is 35.0 Å². The molecule has 0 aromatic heterocycles. The van der Waals surface area contributed by atoms with Gasteiger partial charge >= 0.3 is 0 Å². The molecule has 6 nitrogen and oxygen atoms in total. The standard InChI is InChI=1S/C18H32Cl2N2O4S/c1-5-6-10-7-11(22(3)8-10)17(25)21-13(9(2)19)16-15(24)14(23)12(20)18(26-16)27-4/h9-16,18,23-24H,5-8H2,1-4H3,(H,21,25)/t9-,10+,11-,12-,13-,14+,15+,16-,18+/m0/s1. The summed E-state index contributed by atoms with van der Waals surface area (Å²) in [6.45, 7) is 4.79. The molecule has 2 heterocycles. The Balaban J connectivity index is 2.09. The summed E-state index contributed by atoms with van der Waals surface area (Å²) in [7, 11) is 1.95. The van der Waals surface area contributed by atoms with E-state index in [1.54, 1.807) is 6.92 Å². The molecule has 0 aromatic carbocycles. The molecule has 0 bridgehead atoms. The molecule has 1 amide bonds. The molecule has 0 aliphatic carbocycles. The Morgan fingerprint density at radius 3 is 2.63 bits per heavy atom. The summed E-state index contributed by atoms with van der Waals surface area (Å²) in [6, 6.07) is -0.858. The van der Waals surface area contributed by atoms with Gasteiger partial charge in [0.05, 0.1) is 22.8 Å². The van der Waals surface area contributed by atoms with Gasteiger partial charge in [0.15, 0.2) is 0 Å². The van der Waals surface area contributed by atoms with Crippen LogP contribution in [0.15, 0.2) is 0 Å². The molecular weight excluding hydrogens is 411 g/mol. The summed E-state index contributed by atoms with van der Waals surface area (Å²) in [5, 5.41) is 22.5. The average molecular weight is 443 g/mol. The lowest BCUT2D eigenvalue weighted by Gasteiger charge is -2.44. The first-order chi connectivity index (χ1) is 12.7. The van der Waals surface area contributed by atoms with Gasteiger partial charge in [0.1, 0.15) is 23.7 Å². The second kappa shape index (κ2) is 10.3. The zero-order chi connectivity index (χ0) is 20.3. The number of halogens is 2. The van der Waals surface area contributed by atoms with Crippen LogP contribution in [0.4, 0.5) is 0 Å². The molecule has 2 rings (SSSR count). The van der Waals surface area contributed by atoms with E-state index in [-0.39, 0.29) is 11.9 Å². The van der Waals surface area contributed by atoms with Gasteiger partial charge in [-0.2, -0.15) is 0 Å². The van der Waals surface area contributed by atoms with Crippen molar-refractivity contribution in [1.29, 1.82) is 0 Å². The summed E-state index contributed by atoms with van der Waals surface area (Å²) >= 11 is 13.9. The minimum absolute atomic E-state index is 0.118. The smallest absolute Gasteiger partial charge is 0.237 e. The normalized spacial score (nSPS) is 39.9. The molecule has 9 heteroatoms. The zero-order valence-electron chi connectivity index (χ0n) is 16.3. The number of likely N-dealkylation sites (N-methyl/N-ethyl adjacent to an activating group) is 1. The number of likely N-dealkylation sites (tertiary alicyclic amines) is 1. The van der Waals surface area contributed by atoms with E-state index < -0.39 is 40.5 Å². The van der Waals surface area contributed by atoms with E-state index in [9.17, 15) is 15.0 Å². The van der Waals surface area contributed by atoms with Crippen LogP contribution < -0.4 is 5.32 Å². The first kappa shape index (κ1) is 23.5. The van der Waals surface area contributed by atoms with Crippen molar-refractivity contribution in [3.8, 4) is 0 Å². The Morgan fingerprint density at radius 2 is 2.07 bits per heavy atom. The molecule has 2 fully saturated rings. The van der Waals surface area contributed by atoms with E-state index in [2.05, 4.69) is 17.1 Å². The third-order valence-corrected chi connectivity index (χ3v) is 7.37. The monoisotopic (exact) mass is 442 g/mol. The number of nitrogens with zero attached hydrogens (tertiary/aromatic N) is 1. The lowest BCUT2D eigenvalue weighted by atomic mass is 9.93. The van der Waals surface area contributed by atoms with Crippen LogP contribution in [0.3, 0.4) is 0 Å². The van der Waals surface area contributed by atoms with Crippen LogP contribution in [-0.4, -0.2) is 87.5 Å². The molecule has 27 heavy (non-hydrogen) atoms. The van der Waals surface area contributed by atoms with E-state index in [0.29, 0.717) is 5.92 Å². The molecule has 9 atom stereocenters. The van der Waals surface area contributed by atoms with Gasteiger partial charge in [0, 0.05) is 6.54 Å². The fourth-order valence-corrected chi connectivity index (χ4v) is 5.47. The Hall–Kier alpha value is 0.240. The third kappa shape index (κ3) is 5.44. The van der Waals surface area contributed by atoms with Gasteiger partial charge in [0.25, 0.3) is 0 Å². The molecule has 0 radical (unpaired) electrons. The number of aliphatic hydroxyl groups excluding tert-OH is 2. The molecule has 0 spiro atoms. The second-order valence-electron chi connectivity index (χ2n) is 7.69. The maximum Gasteiger partial charge on any atom is 0.237 e. The summed E-state index contributed by atoms with van der Waals surface area (Å²) in [4.78, 5) is 15.0. The quantitative estimate of drug-likeness (QED) is 0.519. The Bertz CT molecular complexity index is 500. The minimum atomic E-state index is -1.23. The predicted molar refractivity (Wildman–Crippen MR) is 111 cm³/mol. The van der Waals surface area contributed by atoms with Crippen molar-refractivity contribution in [3.63, 3.8) is 0 Å². The fourth-order valence-electron chi connectivity index (χ4n) is 4.08. The molecular formula is C18H32Cl2N2O4S. The number of nitrogens with one attached hydrogen (secondary N) is 1. The van der Waals surface area contributed by atoms with Crippen LogP contribution in [0.2, 0.25) is 0 Å². The maximum absolute atomic E-state index is 12.9. The first-order valence-electron chi connectivity index (χ1n) is 9.54. The van der Waals surface area contributed by atoms with Gasteiger partial charge in [-0.25, -0.2) is 0 Å². The van der Waals surface area contributed by atoms with Crippen LogP contribution in [0.5, 0.6) is 0 Å². The van der Waals surface area contributed by atoms with Gasteiger partial charge in [-0.15, -0.1) is 35.0 Å². The van der Waals surface area contributed by atoms with Crippen molar-refractivity contribution < 1.29 is 19.7 Å². The SMILES string of the molecule is CCC[C@@H]1C[C@@H](C(=O)N[C@H]([C@@H]2O[C@H](SC)[C@@H](Cl)[C@@H](O)[C@H]2O)[C@H](C)Cl)N(C)C1. The van der Waals surface area contributed by atoms with Gasteiger partial charge in [-0.05, 0) is 39.0 Å². The van der Waals surface area contributed by atoms with Crippen molar-refractivity contribution in [3.05, 3.63) is 0 Å². The van der Waals surface area contributed by atoms with Gasteiger partial charge in [0.2, 0.25) is 5.91 Å². The van der Waals surface area contributed by atoms with Gasteiger partial charge in [-0.1, -0.05) is 13.3 Å². The lowest BCUT2D eigenvalue weighted by Crippen LogP contribution is -2.64. The number of carbonyl (C=O) groups excluding carboxylic acids is 1. The van der Waals surface area contributed by atoms with E-state index >= 15 is 0 Å². The number of alkyl halides is 2. The molecule has 0 saturated carbocycles. The first-order valence-corrected chi connectivity index (χ1v) is 11.7. The highest BCUT2D eigenvalue weighted by Gasteiger charge is 2.48. The summed E-state index contributed by atoms with van der Waals surface area (Å²) in [6.07, 6.45) is 1.63. The van der Waals surface area contributed by atoms with Crippen LogP contribution in [0.25, 0.3) is 0 Å². The molecule has 158 valence electrons. The predicted octanol–water partition coefficient (Wildman–Crippen LogP) is 1.64. The number of hydrogen-bond acceptors (Lipinski definition) is 6. The number of rotatable bonds is 7. The Morgan fingerprint density at radius 1 is 1.41 bits per heavy atom. The topological polar surface area (TPSA) is 82.0 Å². The number of ether oxygens (including phenoxy) is 1. The summed E-state index contributed by atoms with van der Waals surface area (Å²) < 4.78 is 5.91.